The summed E-state index contributed by atoms with van der Waals surface area (Å²) in [6.45, 7) is 0.189. The summed E-state index contributed by atoms with van der Waals surface area (Å²) in [5.41, 5.74) is 1.70. The van der Waals surface area contributed by atoms with E-state index in [0.717, 1.165) is 5.56 Å². The number of esters is 1. The highest BCUT2D eigenvalue weighted by atomic mass is 16.6. The second kappa shape index (κ2) is 8.66. The molecule has 10 nitrogen and oxygen atoms in total. The summed E-state index contributed by atoms with van der Waals surface area (Å²) in [7, 11) is 0. The van der Waals surface area contributed by atoms with Crippen molar-refractivity contribution in [2.24, 2.45) is 0 Å². The standard InChI is InChI=1S/C21H17N3O7/c25-19(29-12-15-13-30-20(22-15)14-5-2-1-3-6-14)7-4-10-23-17-9-8-16(24(27)28)11-18(17)31-21(23)26/h1-3,5-6,8-9,11,13H,4,7,10,12H2. The fourth-order valence-corrected chi connectivity index (χ4v) is 3.08. The molecule has 4 aromatic rings. The molecule has 0 aliphatic rings. The Morgan fingerprint density at radius 1 is 1.19 bits per heavy atom. The normalized spacial score (nSPS) is 11.0. The molecule has 0 spiro atoms. The summed E-state index contributed by atoms with van der Waals surface area (Å²) < 4.78 is 17.0. The van der Waals surface area contributed by atoms with Gasteiger partial charge in [0.25, 0.3) is 5.69 Å². The largest absolute Gasteiger partial charge is 0.459 e. The maximum Gasteiger partial charge on any atom is 0.419 e. The molecular formula is C21H17N3O7. The summed E-state index contributed by atoms with van der Waals surface area (Å²) in [5, 5.41) is 10.8. The van der Waals surface area contributed by atoms with Crippen LogP contribution in [0.5, 0.6) is 0 Å². The van der Waals surface area contributed by atoms with Gasteiger partial charge >= 0.3 is 11.7 Å². The van der Waals surface area contributed by atoms with Crippen LogP contribution in [0, 0.1) is 10.1 Å². The Morgan fingerprint density at radius 3 is 2.77 bits per heavy atom. The van der Waals surface area contributed by atoms with Crippen molar-refractivity contribution >= 4 is 22.8 Å². The Balaban J connectivity index is 1.30. The Bertz CT molecular complexity index is 1290. The zero-order valence-corrected chi connectivity index (χ0v) is 16.2. The molecule has 0 aliphatic heterocycles. The predicted octanol–water partition coefficient (Wildman–Crippen LogP) is 3.68. The molecule has 2 heterocycles. The first-order chi connectivity index (χ1) is 15.0. The van der Waals surface area contributed by atoms with Crippen molar-refractivity contribution in [3.8, 4) is 11.5 Å². The molecule has 0 unspecified atom stereocenters. The van der Waals surface area contributed by atoms with Crippen LogP contribution in [0.3, 0.4) is 0 Å². The lowest BCUT2D eigenvalue weighted by Crippen LogP contribution is -2.15. The number of nitro groups is 1. The number of oxazole rings is 2. The van der Waals surface area contributed by atoms with Gasteiger partial charge in [0.15, 0.2) is 5.58 Å². The second-order valence-electron chi connectivity index (χ2n) is 6.70. The van der Waals surface area contributed by atoms with Gasteiger partial charge in [0, 0.05) is 24.6 Å². The van der Waals surface area contributed by atoms with Gasteiger partial charge in [0.1, 0.15) is 18.6 Å². The van der Waals surface area contributed by atoms with Crippen LogP contribution in [0.15, 0.2) is 68.4 Å². The fraction of sp³-hybridized carbons (Fsp3) is 0.190. The SMILES string of the molecule is O=C(CCCn1c(=O)oc2cc([N+](=O)[O-])ccc21)OCc1coc(-c2ccccc2)n1. The molecule has 0 saturated heterocycles. The van der Waals surface area contributed by atoms with Crippen LogP contribution < -0.4 is 5.76 Å². The van der Waals surface area contributed by atoms with Crippen molar-refractivity contribution in [2.75, 3.05) is 0 Å². The van der Waals surface area contributed by atoms with E-state index >= 15 is 0 Å². The fourth-order valence-electron chi connectivity index (χ4n) is 3.08. The van der Waals surface area contributed by atoms with Crippen LogP contribution in [-0.2, 0) is 22.7 Å². The van der Waals surface area contributed by atoms with Gasteiger partial charge in [0.05, 0.1) is 16.5 Å². The first kappa shape index (κ1) is 20.1. The molecule has 0 radical (unpaired) electrons. The van der Waals surface area contributed by atoms with Gasteiger partial charge in [-0.2, -0.15) is 0 Å². The van der Waals surface area contributed by atoms with Crippen molar-refractivity contribution in [3.63, 3.8) is 0 Å². The van der Waals surface area contributed by atoms with Crippen molar-refractivity contribution in [1.82, 2.24) is 9.55 Å². The van der Waals surface area contributed by atoms with E-state index in [4.69, 9.17) is 13.6 Å². The highest BCUT2D eigenvalue weighted by Crippen LogP contribution is 2.21. The summed E-state index contributed by atoms with van der Waals surface area (Å²) in [4.78, 5) is 38.6. The number of aryl methyl sites for hydroxylation is 1. The number of benzene rings is 2. The van der Waals surface area contributed by atoms with E-state index in [2.05, 4.69) is 4.98 Å². The van der Waals surface area contributed by atoms with Crippen LogP contribution in [-0.4, -0.2) is 20.4 Å². The number of rotatable bonds is 8. The minimum Gasteiger partial charge on any atom is -0.459 e. The number of carbonyl (C=O) groups is 1. The lowest BCUT2D eigenvalue weighted by atomic mass is 10.2. The molecule has 10 heteroatoms. The topological polar surface area (TPSA) is 131 Å². The van der Waals surface area contributed by atoms with Crippen LogP contribution in [0.2, 0.25) is 0 Å². The molecule has 31 heavy (non-hydrogen) atoms. The van der Waals surface area contributed by atoms with E-state index in [-0.39, 0.29) is 30.8 Å². The van der Waals surface area contributed by atoms with Crippen molar-refractivity contribution in [3.05, 3.63) is 81.2 Å². The second-order valence-corrected chi connectivity index (χ2v) is 6.70. The van der Waals surface area contributed by atoms with Gasteiger partial charge in [-0.25, -0.2) is 9.78 Å². The van der Waals surface area contributed by atoms with Gasteiger partial charge in [-0.15, -0.1) is 0 Å². The van der Waals surface area contributed by atoms with Gasteiger partial charge in [-0.05, 0) is 24.6 Å². The molecule has 0 amide bonds. The van der Waals surface area contributed by atoms with Crippen molar-refractivity contribution < 1.29 is 23.3 Å². The molecule has 0 bridgehead atoms. The number of aromatic nitrogens is 2. The summed E-state index contributed by atoms with van der Waals surface area (Å²) >= 11 is 0. The lowest BCUT2D eigenvalue weighted by molar-refractivity contribution is -0.384. The molecule has 0 N–H and O–H groups in total. The highest BCUT2D eigenvalue weighted by molar-refractivity contribution is 5.75. The third-order valence-corrected chi connectivity index (χ3v) is 4.58. The number of hydrogen-bond donors (Lipinski definition) is 0. The van der Waals surface area contributed by atoms with E-state index in [1.165, 1.54) is 29.0 Å². The molecule has 4 rings (SSSR count). The van der Waals surface area contributed by atoms with E-state index < -0.39 is 16.6 Å². The Morgan fingerprint density at radius 2 is 2.00 bits per heavy atom. The molecule has 0 saturated carbocycles. The van der Waals surface area contributed by atoms with Crippen molar-refractivity contribution in [2.45, 2.75) is 26.0 Å². The molecule has 0 fully saturated rings. The Kier molecular flexibility index (Phi) is 5.61. The van der Waals surface area contributed by atoms with Gasteiger partial charge in [-0.1, -0.05) is 18.2 Å². The number of ether oxygens (including phenoxy) is 1. The van der Waals surface area contributed by atoms with Gasteiger partial charge in [0.2, 0.25) is 5.89 Å². The maximum atomic E-state index is 12.0. The average molecular weight is 423 g/mol. The first-order valence-electron chi connectivity index (χ1n) is 9.44. The zero-order valence-electron chi connectivity index (χ0n) is 16.2. The maximum absolute atomic E-state index is 12.0. The molecule has 2 aromatic heterocycles. The molecule has 0 aliphatic carbocycles. The molecular weight excluding hydrogens is 406 g/mol. The predicted molar refractivity (Wildman–Crippen MR) is 108 cm³/mol. The lowest BCUT2D eigenvalue weighted by Gasteiger charge is -2.04. The number of non-ortho nitro benzene ring substituents is 1. The number of carbonyl (C=O) groups excluding carboxylic acids is 1. The minimum absolute atomic E-state index is 0.0204. The summed E-state index contributed by atoms with van der Waals surface area (Å²) in [6, 6.07) is 13.3. The summed E-state index contributed by atoms with van der Waals surface area (Å²) in [5.74, 6) is -0.640. The first-order valence-corrected chi connectivity index (χ1v) is 9.44. The van der Waals surface area contributed by atoms with Crippen LogP contribution in [0.4, 0.5) is 5.69 Å². The zero-order chi connectivity index (χ0) is 21.8. The smallest absolute Gasteiger partial charge is 0.419 e. The quantitative estimate of drug-likeness (QED) is 0.238. The number of fused-ring (bicyclic) bond motifs is 1. The number of nitro benzene ring substituents is 1. The molecule has 158 valence electrons. The van der Waals surface area contributed by atoms with Crippen LogP contribution >= 0.6 is 0 Å². The summed E-state index contributed by atoms with van der Waals surface area (Å²) in [6.07, 6.45) is 1.85. The Labute approximate surface area is 174 Å². The number of nitrogens with zero attached hydrogens (tertiary/aromatic N) is 3. The van der Waals surface area contributed by atoms with Gasteiger partial charge < -0.3 is 13.6 Å². The van der Waals surface area contributed by atoms with E-state index in [9.17, 15) is 19.7 Å². The van der Waals surface area contributed by atoms with E-state index in [1.54, 1.807) is 0 Å². The number of hydrogen-bond acceptors (Lipinski definition) is 8. The monoisotopic (exact) mass is 423 g/mol. The van der Waals surface area contributed by atoms with Gasteiger partial charge in [-0.3, -0.25) is 19.5 Å². The third-order valence-electron chi connectivity index (χ3n) is 4.58. The molecule has 0 atom stereocenters. The third kappa shape index (κ3) is 4.53. The highest BCUT2D eigenvalue weighted by Gasteiger charge is 2.15. The average Bonchev–Trinajstić information content (AvgIpc) is 3.37. The van der Waals surface area contributed by atoms with E-state index in [1.807, 2.05) is 30.3 Å². The van der Waals surface area contributed by atoms with Crippen LogP contribution in [0.25, 0.3) is 22.6 Å². The Hall–Kier alpha value is -4.21. The molecule has 2 aromatic carbocycles. The van der Waals surface area contributed by atoms with Crippen LogP contribution in [0.1, 0.15) is 18.5 Å². The minimum atomic E-state index is -0.639. The van der Waals surface area contributed by atoms with E-state index in [0.29, 0.717) is 23.5 Å². The van der Waals surface area contributed by atoms with Crippen molar-refractivity contribution in [1.29, 1.82) is 0 Å².